The Bertz CT molecular complexity index is 360. The summed E-state index contributed by atoms with van der Waals surface area (Å²) in [6.07, 6.45) is 0.394. The van der Waals surface area contributed by atoms with Crippen LogP contribution in [0.2, 0.25) is 0 Å². The van der Waals surface area contributed by atoms with Crippen molar-refractivity contribution in [3.05, 3.63) is 35.4 Å². The number of halogens is 2. The van der Waals surface area contributed by atoms with Crippen molar-refractivity contribution in [3.8, 4) is 0 Å². The molecule has 0 aliphatic carbocycles. The summed E-state index contributed by atoms with van der Waals surface area (Å²) in [4.78, 5) is 11.6. The largest absolute Gasteiger partial charge is 0.396 e. The molecule has 4 heteroatoms. The summed E-state index contributed by atoms with van der Waals surface area (Å²) < 4.78 is 26.0. The summed E-state index contributed by atoms with van der Waals surface area (Å²) in [5.41, 5.74) is -0.295. The molecule has 15 heavy (non-hydrogen) atoms. The Kier molecular flexibility index (Phi) is 3.91. The molecule has 1 aromatic rings. The number of aliphatic hydroxyl groups is 1. The molecule has 0 radical (unpaired) electrons. The first-order valence-corrected chi connectivity index (χ1v) is 4.70. The van der Waals surface area contributed by atoms with Crippen LogP contribution in [-0.2, 0) is 0 Å². The molecule has 1 N–H and O–H groups in total. The predicted octanol–water partition coefficient (Wildman–Crippen LogP) is 2.17. The van der Waals surface area contributed by atoms with E-state index in [1.807, 2.05) is 0 Å². The van der Waals surface area contributed by atoms with E-state index in [1.54, 1.807) is 6.92 Å². The van der Waals surface area contributed by atoms with Crippen molar-refractivity contribution in [1.82, 2.24) is 0 Å². The molecule has 0 saturated carbocycles. The van der Waals surface area contributed by atoms with Crippen LogP contribution in [0.3, 0.4) is 0 Å². The molecule has 0 bridgehead atoms. The van der Waals surface area contributed by atoms with Crippen molar-refractivity contribution in [3.63, 3.8) is 0 Å². The van der Waals surface area contributed by atoms with E-state index < -0.39 is 23.3 Å². The van der Waals surface area contributed by atoms with Crippen molar-refractivity contribution in [1.29, 1.82) is 0 Å². The fourth-order valence-electron chi connectivity index (χ4n) is 1.30. The van der Waals surface area contributed by atoms with Gasteiger partial charge in [-0.2, -0.15) is 0 Å². The highest BCUT2D eigenvalue weighted by atomic mass is 19.1. The number of Topliss-reactive ketones (excluding diaryl/α,β-unsaturated/α-hetero) is 1. The Morgan fingerprint density at radius 3 is 2.67 bits per heavy atom. The van der Waals surface area contributed by atoms with Crippen molar-refractivity contribution >= 4 is 5.78 Å². The van der Waals surface area contributed by atoms with E-state index in [2.05, 4.69) is 0 Å². The van der Waals surface area contributed by atoms with Gasteiger partial charge in [0, 0.05) is 5.92 Å². The van der Waals surface area contributed by atoms with Gasteiger partial charge in [-0.05, 0) is 24.6 Å². The SMILES string of the molecule is CCC(CO)C(=O)c1cc(F)ccc1F. The Balaban J connectivity index is 3.04. The summed E-state index contributed by atoms with van der Waals surface area (Å²) in [5.74, 6) is -2.64. The molecule has 1 rings (SSSR count). The molecule has 1 unspecified atom stereocenters. The molecule has 1 aromatic carbocycles. The molecule has 0 aliphatic heterocycles. The fourth-order valence-corrected chi connectivity index (χ4v) is 1.30. The van der Waals surface area contributed by atoms with Crippen LogP contribution in [-0.4, -0.2) is 17.5 Å². The van der Waals surface area contributed by atoms with E-state index in [4.69, 9.17) is 5.11 Å². The first-order valence-electron chi connectivity index (χ1n) is 4.70. The van der Waals surface area contributed by atoms with Gasteiger partial charge in [0.2, 0.25) is 0 Å². The zero-order chi connectivity index (χ0) is 11.4. The van der Waals surface area contributed by atoms with E-state index in [9.17, 15) is 13.6 Å². The van der Waals surface area contributed by atoms with Gasteiger partial charge in [-0.15, -0.1) is 0 Å². The molecule has 0 saturated heterocycles. The second kappa shape index (κ2) is 4.98. The van der Waals surface area contributed by atoms with Crippen LogP contribution in [0.25, 0.3) is 0 Å². The Labute approximate surface area is 86.5 Å². The average Bonchev–Trinajstić information content (AvgIpc) is 2.23. The molecule has 2 nitrogen and oxygen atoms in total. The van der Waals surface area contributed by atoms with Crippen LogP contribution < -0.4 is 0 Å². The molecule has 0 fully saturated rings. The molecule has 1 atom stereocenters. The minimum absolute atomic E-state index is 0.295. The molecule has 0 aromatic heterocycles. The van der Waals surface area contributed by atoms with Gasteiger partial charge >= 0.3 is 0 Å². The number of benzene rings is 1. The maximum atomic E-state index is 13.2. The summed E-state index contributed by atoms with van der Waals surface area (Å²) >= 11 is 0. The quantitative estimate of drug-likeness (QED) is 0.780. The van der Waals surface area contributed by atoms with Gasteiger partial charge in [0.25, 0.3) is 0 Å². The topological polar surface area (TPSA) is 37.3 Å². The van der Waals surface area contributed by atoms with Gasteiger partial charge in [-0.25, -0.2) is 8.78 Å². The summed E-state index contributed by atoms with van der Waals surface area (Å²) in [7, 11) is 0. The molecule has 0 amide bonds. The van der Waals surface area contributed by atoms with E-state index in [-0.39, 0.29) is 12.2 Å². The molecule has 0 aliphatic rings. The van der Waals surface area contributed by atoms with Crippen molar-refractivity contribution in [2.24, 2.45) is 5.92 Å². The number of hydrogen-bond donors (Lipinski definition) is 1. The Morgan fingerprint density at radius 2 is 2.13 bits per heavy atom. The van der Waals surface area contributed by atoms with Crippen LogP contribution in [0, 0.1) is 17.6 Å². The lowest BCUT2D eigenvalue weighted by Gasteiger charge is -2.10. The first kappa shape index (κ1) is 11.8. The minimum Gasteiger partial charge on any atom is -0.396 e. The van der Waals surface area contributed by atoms with Crippen molar-refractivity contribution in [2.45, 2.75) is 13.3 Å². The standard InChI is InChI=1S/C11H12F2O2/c1-2-7(6-14)11(15)9-5-8(12)3-4-10(9)13/h3-5,7,14H,2,6H2,1H3. The highest BCUT2D eigenvalue weighted by Crippen LogP contribution is 2.16. The Hall–Kier alpha value is -1.29. The van der Waals surface area contributed by atoms with E-state index in [0.29, 0.717) is 6.42 Å². The number of carbonyl (C=O) groups excluding carboxylic acids is 1. The molecule has 0 heterocycles. The third-order valence-electron chi connectivity index (χ3n) is 2.28. The maximum Gasteiger partial charge on any atom is 0.171 e. The summed E-state index contributed by atoms with van der Waals surface area (Å²) in [6.45, 7) is 1.35. The Morgan fingerprint density at radius 1 is 1.47 bits per heavy atom. The molecular formula is C11H12F2O2. The van der Waals surface area contributed by atoms with Gasteiger partial charge in [0.1, 0.15) is 11.6 Å². The van der Waals surface area contributed by atoms with Crippen molar-refractivity contribution < 1.29 is 18.7 Å². The second-order valence-corrected chi connectivity index (χ2v) is 3.28. The highest BCUT2D eigenvalue weighted by molar-refractivity contribution is 5.98. The first-order chi connectivity index (χ1) is 7.10. The van der Waals surface area contributed by atoms with Crippen molar-refractivity contribution in [2.75, 3.05) is 6.61 Å². The summed E-state index contributed by atoms with van der Waals surface area (Å²) in [5, 5.41) is 8.88. The second-order valence-electron chi connectivity index (χ2n) is 3.28. The predicted molar refractivity (Wildman–Crippen MR) is 51.6 cm³/mol. The van der Waals surface area contributed by atoms with Crippen LogP contribution in [0.5, 0.6) is 0 Å². The lowest BCUT2D eigenvalue weighted by molar-refractivity contribution is 0.0851. The highest BCUT2D eigenvalue weighted by Gasteiger charge is 2.20. The zero-order valence-corrected chi connectivity index (χ0v) is 8.34. The van der Waals surface area contributed by atoms with Gasteiger partial charge in [-0.1, -0.05) is 6.92 Å². The monoisotopic (exact) mass is 214 g/mol. The van der Waals surface area contributed by atoms with E-state index >= 15 is 0 Å². The molecular weight excluding hydrogens is 202 g/mol. The fraction of sp³-hybridized carbons (Fsp3) is 0.364. The van der Waals surface area contributed by atoms with Crippen LogP contribution >= 0.6 is 0 Å². The zero-order valence-electron chi connectivity index (χ0n) is 8.34. The lowest BCUT2D eigenvalue weighted by Crippen LogP contribution is -2.19. The number of hydrogen-bond acceptors (Lipinski definition) is 2. The van der Waals surface area contributed by atoms with E-state index in [1.165, 1.54) is 0 Å². The van der Waals surface area contributed by atoms with Gasteiger partial charge < -0.3 is 5.11 Å². The summed E-state index contributed by atoms with van der Waals surface area (Å²) in [6, 6.07) is 2.72. The number of rotatable bonds is 4. The van der Waals surface area contributed by atoms with Gasteiger partial charge in [0.15, 0.2) is 5.78 Å². The van der Waals surface area contributed by atoms with Crippen LogP contribution in [0.4, 0.5) is 8.78 Å². The van der Waals surface area contributed by atoms with Crippen LogP contribution in [0.15, 0.2) is 18.2 Å². The molecule has 0 spiro atoms. The number of aliphatic hydroxyl groups excluding tert-OH is 1. The normalized spacial score (nSPS) is 12.5. The third-order valence-corrected chi connectivity index (χ3v) is 2.28. The lowest BCUT2D eigenvalue weighted by atomic mass is 9.96. The van der Waals surface area contributed by atoms with Gasteiger partial charge in [-0.3, -0.25) is 4.79 Å². The molecule has 82 valence electrons. The third kappa shape index (κ3) is 2.59. The van der Waals surface area contributed by atoms with Gasteiger partial charge in [0.05, 0.1) is 12.2 Å². The minimum atomic E-state index is -0.756. The number of ketones is 1. The smallest absolute Gasteiger partial charge is 0.171 e. The number of carbonyl (C=O) groups is 1. The average molecular weight is 214 g/mol. The maximum absolute atomic E-state index is 13.2. The van der Waals surface area contributed by atoms with Crippen LogP contribution in [0.1, 0.15) is 23.7 Å². The van der Waals surface area contributed by atoms with E-state index in [0.717, 1.165) is 18.2 Å².